The monoisotopic (exact) mass is 270 g/mol. The second-order valence-electron chi connectivity index (χ2n) is 3.77. The van der Waals surface area contributed by atoms with Crippen LogP contribution in [0, 0.1) is 0 Å². The van der Waals surface area contributed by atoms with Gasteiger partial charge in [-0.3, -0.25) is 0 Å². The lowest BCUT2D eigenvalue weighted by molar-refractivity contribution is 0.749. The first-order valence-electron chi connectivity index (χ1n) is 5.26. The molecular formula is C10H15BrN4. The quantitative estimate of drug-likeness (QED) is 0.887. The molecule has 0 radical (unpaired) electrons. The van der Waals surface area contributed by atoms with E-state index in [0.717, 1.165) is 10.3 Å². The molecule has 2 N–H and O–H groups in total. The molecule has 82 valence electrons. The van der Waals surface area contributed by atoms with E-state index in [2.05, 4.69) is 36.5 Å². The van der Waals surface area contributed by atoms with Gasteiger partial charge in [-0.2, -0.15) is 4.98 Å². The van der Waals surface area contributed by atoms with Crippen LogP contribution in [0.5, 0.6) is 0 Å². The van der Waals surface area contributed by atoms with Crippen LogP contribution in [0.4, 0.5) is 11.8 Å². The molecule has 2 rings (SSSR count). The lowest BCUT2D eigenvalue weighted by atomic mass is 10.2. The minimum atomic E-state index is 0.570. The Hall–Kier alpha value is -0.840. The van der Waals surface area contributed by atoms with E-state index in [1.807, 2.05) is 7.05 Å². The van der Waals surface area contributed by atoms with Crippen LogP contribution >= 0.6 is 15.9 Å². The topological polar surface area (TPSA) is 49.8 Å². The highest BCUT2D eigenvalue weighted by atomic mass is 79.9. The summed E-state index contributed by atoms with van der Waals surface area (Å²) < 4.78 is 0.924. The molecule has 1 heterocycles. The van der Waals surface area contributed by atoms with Gasteiger partial charge in [0, 0.05) is 19.3 Å². The number of hydrogen-bond donors (Lipinski definition) is 2. The van der Waals surface area contributed by atoms with Crippen molar-refractivity contribution in [3.8, 4) is 0 Å². The summed E-state index contributed by atoms with van der Waals surface area (Å²) in [5, 5.41) is 6.38. The van der Waals surface area contributed by atoms with Crippen molar-refractivity contribution in [3.63, 3.8) is 0 Å². The second-order valence-corrected chi connectivity index (χ2v) is 4.62. The molecule has 15 heavy (non-hydrogen) atoms. The lowest BCUT2D eigenvalue weighted by Gasteiger charge is -2.14. The predicted molar refractivity (Wildman–Crippen MR) is 65.2 cm³/mol. The van der Waals surface area contributed by atoms with Gasteiger partial charge in [-0.1, -0.05) is 12.8 Å². The van der Waals surface area contributed by atoms with E-state index in [0.29, 0.717) is 12.0 Å². The fourth-order valence-corrected chi connectivity index (χ4v) is 2.16. The van der Waals surface area contributed by atoms with Crippen molar-refractivity contribution in [2.75, 3.05) is 17.7 Å². The molecule has 0 aliphatic heterocycles. The minimum Gasteiger partial charge on any atom is -0.366 e. The molecule has 1 aromatic heterocycles. The Kier molecular flexibility index (Phi) is 3.41. The highest BCUT2D eigenvalue weighted by Gasteiger charge is 2.16. The predicted octanol–water partition coefficient (Wildman–Crippen LogP) is 2.64. The Morgan fingerprint density at radius 3 is 2.80 bits per heavy atom. The largest absolute Gasteiger partial charge is 0.366 e. The molecule has 1 aromatic rings. The smallest absolute Gasteiger partial charge is 0.224 e. The highest BCUT2D eigenvalue weighted by molar-refractivity contribution is 9.10. The molecule has 1 aliphatic carbocycles. The molecule has 0 bridgehead atoms. The summed E-state index contributed by atoms with van der Waals surface area (Å²) >= 11 is 3.45. The van der Waals surface area contributed by atoms with Gasteiger partial charge in [0.1, 0.15) is 5.82 Å². The van der Waals surface area contributed by atoms with Crippen LogP contribution in [0.3, 0.4) is 0 Å². The Bertz CT molecular complexity index is 336. The van der Waals surface area contributed by atoms with Crippen LogP contribution in [0.25, 0.3) is 0 Å². The standard InChI is InChI=1S/C10H15BrN4/c1-12-10-13-6-8(11)9(15-10)14-7-4-2-3-5-7/h6-7H,2-5H2,1H3,(H2,12,13,14,15). The molecule has 4 nitrogen and oxygen atoms in total. The lowest BCUT2D eigenvalue weighted by Crippen LogP contribution is -2.16. The molecule has 0 saturated heterocycles. The first-order valence-corrected chi connectivity index (χ1v) is 6.05. The first kappa shape index (κ1) is 10.7. The zero-order valence-electron chi connectivity index (χ0n) is 8.76. The van der Waals surface area contributed by atoms with Gasteiger partial charge in [0.05, 0.1) is 4.47 Å². The van der Waals surface area contributed by atoms with Gasteiger partial charge in [0.2, 0.25) is 5.95 Å². The molecule has 0 unspecified atom stereocenters. The van der Waals surface area contributed by atoms with E-state index in [1.54, 1.807) is 6.20 Å². The molecule has 1 saturated carbocycles. The van der Waals surface area contributed by atoms with Crippen molar-refractivity contribution < 1.29 is 0 Å². The molecule has 0 aromatic carbocycles. The molecule has 0 atom stereocenters. The van der Waals surface area contributed by atoms with Crippen molar-refractivity contribution in [1.82, 2.24) is 9.97 Å². The summed E-state index contributed by atoms with van der Waals surface area (Å²) in [5.41, 5.74) is 0. The number of halogens is 1. The third-order valence-electron chi connectivity index (χ3n) is 2.66. The maximum atomic E-state index is 4.37. The van der Waals surface area contributed by atoms with Crippen molar-refractivity contribution >= 4 is 27.7 Å². The van der Waals surface area contributed by atoms with Gasteiger partial charge in [0.25, 0.3) is 0 Å². The molecule has 0 amide bonds. The fraction of sp³-hybridized carbons (Fsp3) is 0.600. The van der Waals surface area contributed by atoms with Crippen molar-refractivity contribution in [2.24, 2.45) is 0 Å². The molecular weight excluding hydrogens is 256 g/mol. The summed E-state index contributed by atoms with van der Waals surface area (Å²) in [6, 6.07) is 0.570. The minimum absolute atomic E-state index is 0.570. The molecule has 1 fully saturated rings. The van der Waals surface area contributed by atoms with Crippen LogP contribution in [0.2, 0.25) is 0 Å². The zero-order valence-corrected chi connectivity index (χ0v) is 10.3. The van der Waals surface area contributed by atoms with Gasteiger partial charge in [0.15, 0.2) is 0 Å². The van der Waals surface area contributed by atoms with E-state index in [1.165, 1.54) is 25.7 Å². The summed E-state index contributed by atoms with van der Waals surface area (Å²) in [7, 11) is 1.82. The number of nitrogens with one attached hydrogen (secondary N) is 2. The number of hydrogen-bond acceptors (Lipinski definition) is 4. The number of anilines is 2. The van der Waals surface area contributed by atoms with Gasteiger partial charge in [-0.05, 0) is 28.8 Å². The maximum Gasteiger partial charge on any atom is 0.224 e. The highest BCUT2D eigenvalue weighted by Crippen LogP contribution is 2.26. The van der Waals surface area contributed by atoms with Crippen molar-refractivity contribution in [3.05, 3.63) is 10.7 Å². The van der Waals surface area contributed by atoms with Gasteiger partial charge < -0.3 is 10.6 Å². The molecule has 5 heteroatoms. The Morgan fingerprint density at radius 1 is 1.40 bits per heavy atom. The third-order valence-corrected chi connectivity index (χ3v) is 3.24. The van der Waals surface area contributed by atoms with Gasteiger partial charge in [-0.25, -0.2) is 4.98 Å². The summed E-state index contributed by atoms with van der Waals surface area (Å²) in [6.45, 7) is 0. The van der Waals surface area contributed by atoms with Crippen LogP contribution in [-0.2, 0) is 0 Å². The number of nitrogens with zero attached hydrogens (tertiary/aromatic N) is 2. The third kappa shape index (κ3) is 2.59. The fourth-order valence-electron chi connectivity index (χ4n) is 1.85. The summed E-state index contributed by atoms with van der Waals surface area (Å²) in [6.07, 6.45) is 6.89. The normalized spacial score (nSPS) is 16.7. The van der Waals surface area contributed by atoms with E-state index < -0.39 is 0 Å². The van der Waals surface area contributed by atoms with Crippen LogP contribution in [0.15, 0.2) is 10.7 Å². The summed E-state index contributed by atoms with van der Waals surface area (Å²) in [4.78, 5) is 8.50. The number of aromatic nitrogens is 2. The Balaban J connectivity index is 2.11. The van der Waals surface area contributed by atoms with Crippen LogP contribution in [-0.4, -0.2) is 23.1 Å². The second kappa shape index (κ2) is 4.79. The van der Waals surface area contributed by atoms with Gasteiger partial charge in [-0.15, -0.1) is 0 Å². The van der Waals surface area contributed by atoms with E-state index in [-0.39, 0.29) is 0 Å². The van der Waals surface area contributed by atoms with Crippen LogP contribution < -0.4 is 10.6 Å². The van der Waals surface area contributed by atoms with Crippen LogP contribution in [0.1, 0.15) is 25.7 Å². The maximum absolute atomic E-state index is 4.37. The van der Waals surface area contributed by atoms with E-state index in [9.17, 15) is 0 Å². The molecule has 1 aliphatic rings. The number of rotatable bonds is 3. The average Bonchev–Trinajstić information content (AvgIpc) is 2.74. The first-order chi connectivity index (χ1) is 7.29. The van der Waals surface area contributed by atoms with E-state index in [4.69, 9.17) is 0 Å². The Labute approximate surface area is 98.0 Å². The SMILES string of the molecule is CNc1ncc(Br)c(NC2CCCC2)n1. The molecule has 0 spiro atoms. The van der Waals surface area contributed by atoms with Crippen molar-refractivity contribution in [2.45, 2.75) is 31.7 Å². The zero-order chi connectivity index (χ0) is 10.7. The Morgan fingerprint density at radius 2 is 2.13 bits per heavy atom. The van der Waals surface area contributed by atoms with Crippen molar-refractivity contribution in [1.29, 1.82) is 0 Å². The van der Waals surface area contributed by atoms with Gasteiger partial charge >= 0.3 is 0 Å². The van der Waals surface area contributed by atoms with E-state index >= 15 is 0 Å². The average molecular weight is 271 g/mol. The summed E-state index contributed by atoms with van der Waals surface area (Å²) in [5.74, 6) is 1.54.